The highest BCUT2D eigenvalue weighted by atomic mass is 32.1. The predicted molar refractivity (Wildman–Crippen MR) is 122 cm³/mol. The van der Waals surface area contributed by atoms with Crippen LogP contribution in [-0.4, -0.2) is 30.6 Å². The van der Waals surface area contributed by atoms with Crippen LogP contribution in [0.3, 0.4) is 0 Å². The molecular weight excluding hydrogens is 414 g/mol. The summed E-state index contributed by atoms with van der Waals surface area (Å²) in [6, 6.07) is 9.60. The molecule has 0 aliphatic heterocycles. The fourth-order valence-electron chi connectivity index (χ4n) is 3.33. The van der Waals surface area contributed by atoms with Gasteiger partial charge in [-0.25, -0.2) is 10.2 Å². The van der Waals surface area contributed by atoms with Gasteiger partial charge in [0.05, 0.1) is 12.2 Å². The van der Waals surface area contributed by atoms with Crippen LogP contribution in [-0.2, 0) is 27.2 Å². The van der Waals surface area contributed by atoms with Gasteiger partial charge in [0.2, 0.25) is 0 Å². The molecule has 8 heteroatoms. The number of hydrogen-bond acceptors (Lipinski definition) is 6. The summed E-state index contributed by atoms with van der Waals surface area (Å²) in [7, 11) is 0. The lowest BCUT2D eigenvalue weighted by Crippen LogP contribution is -2.32. The fourth-order valence-corrected chi connectivity index (χ4v) is 4.72. The Balaban J connectivity index is 1.65. The van der Waals surface area contributed by atoms with Gasteiger partial charge < -0.3 is 10.1 Å². The van der Waals surface area contributed by atoms with Crippen LogP contribution in [0.4, 0.5) is 5.00 Å². The monoisotopic (exact) mass is 439 g/mol. The number of fused-ring (bicyclic) bond motifs is 1. The summed E-state index contributed by atoms with van der Waals surface area (Å²) in [5, 5.41) is 6.67. The van der Waals surface area contributed by atoms with Crippen LogP contribution < -0.4 is 10.7 Å². The normalized spacial score (nSPS) is 15.6. The van der Waals surface area contributed by atoms with Gasteiger partial charge in [-0.15, -0.1) is 11.3 Å². The standard InChI is InChI=1S/C23H25N3O4S/c1-3-30-23(29)19-17-12-11-15(2)14-18(17)31-22(19)25-20(27)21(28)26-24-13-7-10-16-8-5-4-6-9-16/h4-10,13,15H,3,11-12,14H2,1-2H3,(H,25,27)(H,26,28)/b10-7+,24-13+. The maximum atomic E-state index is 12.5. The molecule has 162 valence electrons. The Morgan fingerprint density at radius 1 is 1.23 bits per heavy atom. The average molecular weight is 440 g/mol. The van der Waals surface area contributed by atoms with Crippen molar-refractivity contribution in [3.8, 4) is 0 Å². The topological polar surface area (TPSA) is 96.9 Å². The first-order valence-electron chi connectivity index (χ1n) is 10.2. The zero-order valence-electron chi connectivity index (χ0n) is 17.5. The molecule has 31 heavy (non-hydrogen) atoms. The molecule has 1 heterocycles. The van der Waals surface area contributed by atoms with Crippen molar-refractivity contribution in [2.45, 2.75) is 33.1 Å². The van der Waals surface area contributed by atoms with E-state index in [-0.39, 0.29) is 6.61 Å². The highest BCUT2D eigenvalue weighted by molar-refractivity contribution is 7.17. The van der Waals surface area contributed by atoms with Crippen LogP contribution >= 0.6 is 11.3 Å². The van der Waals surface area contributed by atoms with Crippen molar-refractivity contribution in [3.05, 3.63) is 58.0 Å². The van der Waals surface area contributed by atoms with Crippen LogP contribution in [0, 0.1) is 5.92 Å². The Hall–Kier alpha value is -3.26. The number of carbonyl (C=O) groups is 3. The summed E-state index contributed by atoms with van der Waals surface area (Å²) in [6.45, 7) is 4.12. The molecule has 1 aliphatic carbocycles. The van der Waals surface area contributed by atoms with Crippen LogP contribution in [0.25, 0.3) is 6.08 Å². The Kier molecular flexibility index (Phi) is 7.72. The summed E-state index contributed by atoms with van der Waals surface area (Å²) in [6.07, 6.45) is 7.41. The number of allylic oxidation sites excluding steroid dienone is 1. The quantitative estimate of drug-likeness (QED) is 0.310. The minimum atomic E-state index is -0.918. The first kappa shape index (κ1) is 22.4. The van der Waals surface area contributed by atoms with Crippen molar-refractivity contribution >= 4 is 46.4 Å². The Labute approximate surface area is 185 Å². The van der Waals surface area contributed by atoms with E-state index in [4.69, 9.17) is 4.74 Å². The number of hydrogen-bond donors (Lipinski definition) is 2. The molecule has 1 aliphatic rings. The van der Waals surface area contributed by atoms with Gasteiger partial charge >= 0.3 is 17.8 Å². The number of thiophene rings is 1. The number of anilines is 1. The Bertz CT molecular complexity index is 1010. The molecule has 1 aromatic heterocycles. The zero-order chi connectivity index (χ0) is 22.2. The second kappa shape index (κ2) is 10.7. The number of ether oxygens (including phenoxy) is 1. The van der Waals surface area contributed by atoms with Crippen molar-refractivity contribution in [2.24, 2.45) is 11.0 Å². The van der Waals surface area contributed by atoms with E-state index in [9.17, 15) is 14.4 Å². The number of hydrazone groups is 1. The lowest BCUT2D eigenvalue weighted by atomic mass is 9.88. The summed E-state index contributed by atoms with van der Waals surface area (Å²) in [4.78, 5) is 38.0. The van der Waals surface area contributed by atoms with Crippen molar-refractivity contribution in [1.29, 1.82) is 0 Å². The van der Waals surface area contributed by atoms with Gasteiger partial charge in [0, 0.05) is 11.1 Å². The summed E-state index contributed by atoms with van der Waals surface area (Å²) >= 11 is 1.33. The molecule has 1 atom stereocenters. The third kappa shape index (κ3) is 5.88. The van der Waals surface area contributed by atoms with Crippen LogP contribution in [0.15, 0.2) is 41.5 Å². The van der Waals surface area contributed by atoms with E-state index in [1.807, 2.05) is 36.4 Å². The lowest BCUT2D eigenvalue weighted by molar-refractivity contribution is -0.136. The summed E-state index contributed by atoms with van der Waals surface area (Å²) in [5.74, 6) is -1.78. The maximum absolute atomic E-state index is 12.5. The predicted octanol–water partition coefficient (Wildman–Crippen LogP) is 3.80. The molecule has 0 saturated carbocycles. The minimum Gasteiger partial charge on any atom is -0.462 e. The van der Waals surface area contributed by atoms with Crippen LogP contribution in [0.2, 0.25) is 0 Å². The third-order valence-corrected chi connectivity index (χ3v) is 6.01. The van der Waals surface area contributed by atoms with E-state index in [2.05, 4.69) is 22.8 Å². The highest BCUT2D eigenvalue weighted by Crippen LogP contribution is 2.40. The van der Waals surface area contributed by atoms with E-state index in [1.165, 1.54) is 17.6 Å². The molecular formula is C23H25N3O4S. The van der Waals surface area contributed by atoms with Gasteiger partial charge in [-0.05, 0) is 49.3 Å². The number of benzene rings is 1. The molecule has 0 bridgehead atoms. The van der Waals surface area contributed by atoms with Gasteiger partial charge in [0.25, 0.3) is 0 Å². The van der Waals surface area contributed by atoms with Crippen LogP contribution in [0.1, 0.15) is 46.6 Å². The second-order valence-electron chi connectivity index (χ2n) is 7.22. The first-order chi connectivity index (χ1) is 15.0. The molecule has 2 aromatic rings. The number of esters is 1. The van der Waals surface area contributed by atoms with E-state index in [0.717, 1.165) is 35.3 Å². The fraction of sp³-hybridized carbons (Fsp3) is 0.304. The van der Waals surface area contributed by atoms with Gasteiger partial charge in [0.1, 0.15) is 5.00 Å². The van der Waals surface area contributed by atoms with E-state index in [1.54, 1.807) is 13.0 Å². The molecule has 1 unspecified atom stereocenters. The molecule has 7 nitrogen and oxygen atoms in total. The number of carbonyl (C=O) groups excluding carboxylic acids is 3. The largest absolute Gasteiger partial charge is 0.462 e. The molecule has 0 saturated heterocycles. The van der Waals surface area contributed by atoms with Crippen molar-refractivity contribution in [3.63, 3.8) is 0 Å². The molecule has 0 spiro atoms. The van der Waals surface area contributed by atoms with E-state index < -0.39 is 17.8 Å². The Morgan fingerprint density at radius 2 is 2.00 bits per heavy atom. The van der Waals surface area contributed by atoms with Crippen molar-refractivity contribution in [2.75, 3.05) is 11.9 Å². The van der Waals surface area contributed by atoms with Crippen molar-refractivity contribution in [1.82, 2.24) is 5.43 Å². The number of nitrogens with zero attached hydrogens (tertiary/aromatic N) is 1. The van der Waals surface area contributed by atoms with Gasteiger partial charge in [0.15, 0.2) is 0 Å². The average Bonchev–Trinajstić information content (AvgIpc) is 3.11. The lowest BCUT2D eigenvalue weighted by Gasteiger charge is -2.18. The van der Waals surface area contributed by atoms with Gasteiger partial charge in [-0.3, -0.25) is 9.59 Å². The number of rotatable bonds is 6. The number of amides is 2. The molecule has 2 amide bonds. The highest BCUT2D eigenvalue weighted by Gasteiger charge is 2.30. The summed E-state index contributed by atoms with van der Waals surface area (Å²) in [5.41, 5.74) is 4.46. The van der Waals surface area contributed by atoms with E-state index >= 15 is 0 Å². The van der Waals surface area contributed by atoms with E-state index in [0.29, 0.717) is 16.5 Å². The smallest absolute Gasteiger partial charge is 0.341 e. The molecule has 3 rings (SSSR count). The number of nitrogens with one attached hydrogen (secondary N) is 2. The molecule has 1 aromatic carbocycles. The SMILES string of the molecule is CCOC(=O)c1c(NC(=O)C(=O)N/N=C/C=C/c2ccccc2)sc2c1CCC(C)C2. The molecule has 2 N–H and O–H groups in total. The Morgan fingerprint density at radius 3 is 2.74 bits per heavy atom. The summed E-state index contributed by atoms with van der Waals surface area (Å²) < 4.78 is 5.17. The van der Waals surface area contributed by atoms with Gasteiger partial charge in [-0.2, -0.15) is 5.10 Å². The molecule has 0 radical (unpaired) electrons. The van der Waals surface area contributed by atoms with Crippen LogP contribution in [0.5, 0.6) is 0 Å². The maximum Gasteiger partial charge on any atom is 0.341 e. The third-order valence-electron chi connectivity index (χ3n) is 4.84. The molecule has 0 fully saturated rings. The minimum absolute atomic E-state index is 0.235. The zero-order valence-corrected chi connectivity index (χ0v) is 18.3. The second-order valence-corrected chi connectivity index (χ2v) is 8.32. The van der Waals surface area contributed by atoms with Crippen molar-refractivity contribution < 1.29 is 19.1 Å². The first-order valence-corrected chi connectivity index (χ1v) is 11.0. The van der Waals surface area contributed by atoms with Gasteiger partial charge in [-0.1, -0.05) is 43.3 Å².